The first-order valence-corrected chi connectivity index (χ1v) is 3.46. The number of rotatable bonds is 1. The fraction of sp³-hybridized carbons (Fsp3) is 0.714. The molecule has 1 fully saturated rings. The van der Waals surface area contributed by atoms with Crippen molar-refractivity contribution in [3.8, 4) is 0 Å². The standard InChI is InChI=1S/C7H11NO3/c1-4-6(5(2)9)8(4)7(10)11-3/h4,6H,1-3H3/t4-,6+,8?/m0/s1. The van der Waals surface area contributed by atoms with Crippen molar-refractivity contribution in [2.24, 2.45) is 0 Å². The van der Waals surface area contributed by atoms with Crippen molar-refractivity contribution in [2.75, 3.05) is 7.11 Å². The summed E-state index contributed by atoms with van der Waals surface area (Å²) in [7, 11) is 1.31. The minimum Gasteiger partial charge on any atom is -0.453 e. The van der Waals surface area contributed by atoms with E-state index < -0.39 is 6.09 Å². The molecule has 1 rings (SSSR count). The molecule has 2 atom stereocenters. The van der Waals surface area contributed by atoms with Crippen molar-refractivity contribution in [2.45, 2.75) is 25.9 Å². The van der Waals surface area contributed by atoms with E-state index in [2.05, 4.69) is 4.74 Å². The number of methoxy groups -OCH3 is 1. The molecular weight excluding hydrogens is 146 g/mol. The molecule has 1 heterocycles. The number of hydrogen-bond acceptors (Lipinski definition) is 3. The summed E-state index contributed by atoms with van der Waals surface area (Å²) in [6, 6.07) is -0.234. The molecule has 1 aliphatic rings. The Morgan fingerprint density at radius 3 is 2.27 bits per heavy atom. The Hall–Kier alpha value is -1.06. The normalized spacial score (nSPS) is 28.1. The number of ether oxygens (including phenoxy) is 1. The van der Waals surface area contributed by atoms with Gasteiger partial charge in [0.05, 0.1) is 13.2 Å². The molecule has 4 heteroatoms. The summed E-state index contributed by atoms with van der Waals surface area (Å²) in [5, 5.41) is 0. The summed E-state index contributed by atoms with van der Waals surface area (Å²) >= 11 is 0. The third-order valence-corrected chi connectivity index (χ3v) is 1.91. The number of Topliss-reactive ketones (excluding diaryl/α,β-unsaturated/α-hetero) is 1. The van der Waals surface area contributed by atoms with Crippen LogP contribution < -0.4 is 0 Å². The van der Waals surface area contributed by atoms with Gasteiger partial charge in [-0.2, -0.15) is 0 Å². The third-order valence-electron chi connectivity index (χ3n) is 1.91. The number of ketones is 1. The van der Waals surface area contributed by atoms with Crippen LogP contribution in [0.5, 0.6) is 0 Å². The first-order valence-electron chi connectivity index (χ1n) is 3.46. The number of amides is 1. The SMILES string of the molecule is COC(=O)N1[C@@H](C)[C@@H]1C(C)=O. The van der Waals surface area contributed by atoms with Gasteiger partial charge in [0.1, 0.15) is 6.04 Å². The van der Waals surface area contributed by atoms with Crippen LogP contribution in [0.25, 0.3) is 0 Å². The summed E-state index contributed by atoms with van der Waals surface area (Å²) in [5.41, 5.74) is 0. The van der Waals surface area contributed by atoms with Crippen molar-refractivity contribution >= 4 is 11.9 Å². The topological polar surface area (TPSA) is 46.4 Å². The van der Waals surface area contributed by atoms with E-state index in [1.165, 1.54) is 18.9 Å². The van der Waals surface area contributed by atoms with Gasteiger partial charge in [-0.05, 0) is 13.8 Å². The minimum atomic E-state index is -0.419. The second kappa shape index (κ2) is 2.53. The molecule has 62 valence electrons. The molecule has 0 N–H and O–H groups in total. The predicted molar refractivity (Wildman–Crippen MR) is 38.2 cm³/mol. The van der Waals surface area contributed by atoms with E-state index >= 15 is 0 Å². The Bertz CT molecular complexity index is 202. The summed E-state index contributed by atoms with van der Waals surface area (Å²) in [4.78, 5) is 23.1. The van der Waals surface area contributed by atoms with Crippen LogP contribution >= 0.6 is 0 Å². The summed E-state index contributed by atoms with van der Waals surface area (Å²) in [6.45, 7) is 3.30. The Balaban J connectivity index is 2.54. The van der Waals surface area contributed by atoms with E-state index in [1.807, 2.05) is 6.92 Å². The van der Waals surface area contributed by atoms with E-state index in [1.54, 1.807) is 0 Å². The van der Waals surface area contributed by atoms with Gasteiger partial charge in [-0.3, -0.25) is 9.69 Å². The highest BCUT2D eigenvalue weighted by atomic mass is 16.5. The van der Waals surface area contributed by atoms with Gasteiger partial charge in [0, 0.05) is 0 Å². The Morgan fingerprint density at radius 2 is 2.00 bits per heavy atom. The highest BCUT2D eigenvalue weighted by molar-refractivity contribution is 5.91. The number of hydrogen-bond donors (Lipinski definition) is 0. The molecular formula is C7H11NO3. The van der Waals surface area contributed by atoms with Crippen molar-refractivity contribution in [3.63, 3.8) is 0 Å². The lowest BCUT2D eigenvalue weighted by Crippen LogP contribution is -2.16. The highest BCUT2D eigenvalue weighted by Gasteiger charge is 2.51. The van der Waals surface area contributed by atoms with Crippen LogP contribution in [0.4, 0.5) is 4.79 Å². The monoisotopic (exact) mass is 157 g/mol. The first kappa shape index (κ1) is 8.04. The predicted octanol–water partition coefficient (Wildman–Crippen LogP) is 0.415. The van der Waals surface area contributed by atoms with Crippen molar-refractivity contribution in [3.05, 3.63) is 0 Å². The molecule has 0 aliphatic carbocycles. The molecule has 4 nitrogen and oxygen atoms in total. The lowest BCUT2D eigenvalue weighted by molar-refractivity contribution is -0.117. The van der Waals surface area contributed by atoms with Crippen LogP contribution in [0.3, 0.4) is 0 Å². The van der Waals surface area contributed by atoms with Gasteiger partial charge in [0.25, 0.3) is 0 Å². The lowest BCUT2D eigenvalue weighted by atomic mass is 10.3. The largest absolute Gasteiger partial charge is 0.453 e. The zero-order chi connectivity index (χ0) is 8.59. The molecule has 1 saturated heterocycles. The van der Waals surface area contributed by atoms with Gasteiger partial charge in [-0.25, -0.2) is 4.79 Å². The smallest absolute Gasteiger partial charge is 0.410 e. The number of carbonyl (C=O) groups excluding carboxylic acids is 2. The quantitative estimate of drug-likeness (QED) is 0.518. The van der Waals surface area contributed by atoms with Crippen molar-refractivity contribution < 1.29 is 14.3 Å². The van der Waals surface area contributed by atoms with Gasteiger partial charge in [-0.15, -0.1) is 0 Å². The second-order valence-electron chi connectivity index (χ2n) is 2.67. The van der Waals surface area contributed by atoms with Crippen molar-refractivity contribution in [1.29, 1.82) is 0 Å². The fourth-order valence-corrected chi connectivity index (χ4v) is 1.27. The molecule has 0 aromatic carbocycles. The second-order valence-corrected chi connectivity index (χ2v) is 2.67. The van der Waals surface area contributed by atoms with Crippen LogP contribution in [0, 0.1) is 0 Å². The average Bonchev–Trinajstić information content (AvgIpc) is 2.60. The molecule has 0 aromatic heterocycles. The van der Waals surface area contributed by atoms with Crippen LogP contribution in [-0.4, -0.2) is 36.0 Å². The molecule has 1 aliphatic heterocycles. The first-order chi connectivity index (χ1) is 5.09. The van der Waals surface area contributed by atoms with E-state index in [9.17, 15) is 9.59 Å². The Kier molecular flexibility index (Phi) is 1.85. The molecule has 1 amide bonds. The van der Waals surface area contributed by atoms with Crippen LogP contribution in [-0.2, 0) is 9.53 Å². The molecule has 0 aromatic rings. The Labute approximate surface area is 65.1 Å². The zero-order valence-corrected chi connectivity index (χ0v) is 6.83. The Morgan fingerprint density at radius 1 is 1.45 bits per heavy atom. The van der Waals surface area contributed by atoms with Gasteiger partial charge in [-0.1, -0.05) is 0 Å². The highest BCUT2D eigenvalue weighted by Crippen LogP contribution is 2.28. The van der Waals surface area contributed by atoms with Gasteiger partial charge in [0.2, 0.25) is 0 Å². The number of nitrogens with zero attached hydrogens (tertiary/aromatic N) is 1. The maximum atomic E-state index is 10.9. The molecule has 0 bridgehead atoms. The molecule has 11 heavy (non-hydrogen) atoms. The van der Waals surface area contributed by atoms with E-state index in [0.29, 0.717) is 0 Å². The summed E-state index contributed by atoms with van der Waals surface area (Å²) in [6.07, 6.45) is -0.419. The molecule has 0 spiro atoms. The number of carbonyl (C=O) groups is 2. The zero-order valence-electron chi connectivity index (χ0n) is 6.83. The minimum absolute atomic E-state index is 0.0138. The summed E-state index contributed by atoms with van der Waals surface area (Å²) in [5.74, 6) is 0.0166. The molecule has 0 radical (unpaired) electrons. The van der Waals surface area contributed by atoms with E-state index in [4.69, 9.17) is 0 Å². The lowest BCUT2D eigenvalue weighted by Gasteiger charge is -1.98. The van der Waals surface area contributed by atoms with Crippen molar-refractivity contribution in [1.82, 2.24) is 4.90 Å². The maximum absolute atomic E-state index is 10.9. The van der Waals surface area contributed by atoms with E-state index in [0.717, 1.165) is 0 Å². The van der Waals surface area contributed by atoms with Gasteiger partial charge < -0.3 is 4.74 Å². The molecule has 0 saturated carbocycles. The van der Waals surface area contributed by atoms with E-state index in [-0.39, 0.29) is 17.9 Å². The van der Waals surface area contributed by atoms with Gasteiger partial charge in [0.15, 0.2) is 5.78 Å². The summed E-state index contributed by atoms with van der Waals surface area (Å²) < 4.78 is 4.46. The fourth-order valence-electron chi connectivity index (χ4n) is 1.27. The maximum Gasteiger partial charge on any atom is 0.410 e. The molecule has 0 unspecified atom stereocenters. The third kappa shape index (κ3) is 1.20. The van der Waals surface area contributed by atoms with Crippen LogP contribution in [0.2, 0.25) is 0 Å². The average molecular weight is 157 g/mol. The van der Waals surface area contributed by atoms with Crippen LogP contribution in [0.1, 0.15) is 13.8 Å². The van der Waals surface area contributed by atoms with Crippen LogP contribution in [0.15, 0.2) is 0 Å². The van der Waals surface area contributed by atoms with Gasteiger partial charge >= 0.3 is 6.09 Å².